The molecule has 0 radical (unpaired) electrons. The van der Waals surface area contributed by atoms with E-state index in [9.17, 15) is 0 Å². The van der Waals surface area contributed by atoms with Crippen molar-refractivity contribution in [2.24, 2.45) is 15.7 Å². The molecule has 0 atom stereocenters. The Balaban J connectivity index is 0.000000583. The molecule has 10 rings (SSSR count). The molecule has 9 aromatic rings. The number of ether oxygens (including phenoxy) is 1. The van der Waals surface area contributed by atoms with E-state index < -0.39 is 0 Å². The third kappa shape index (κ3) is 7.95. The summed E-state index contributed by atoms with van der Waals surface area (Å²) in [4.78, 5) is 9.85. The molecule has 5 nitrogen and oxygen atoms in total. The van der Waals surface area contributed by atoms with Gasteiger partial charge in [0.05, 0.1) is 23.0 Å². The fourth-order valence-corrected chi connectivity index (χ4v) is 7.49. The van der Waals surface area contributed by atoms with Gasteiger partial charge in [0.25, 0.3) is 0 Å². The van der Waals surface area contributed by atoms with Crippen molar-refractivity contribution in [2.45, 2.75) is 13.5 Å². The van der Waals surface area contributed by atoms with Crippen LogP contribution >= 0.6 is 0 Å². The van der Waals surface area contributed by atoms with Crippen molar-refractivity contribution in [3.63, 3.8) is 0 Å². The molecule has 0 unspecified atom stereocenters. The minimum absolute atomic E-state index is 0.423. The monoisotopic (exact) mass is 762 g/mol. The third-order valence-corrected chi connectivity index (χ3v) is 10.4. The zero-order valence-electron chi connectivity index (χ0n) is 32.7. The van der Waals surface area contributed by atoms with E-state index in [1.54, 1.807) is 0 Å². The second kappa shape index (κ2) is 16.8. The van der Waals surface area contributed by atoms with Crippen molar-refractivity contribution in [3.8, 4) is 28.3 Å². The Labute approximate surface area is 344 Å². The van der Waals surface area contributed by atoms with E-state index in [1.807, 2.05) is 91.0 Å². The zero-order valence-corrected chi connectivity index (χ0v) is 32.7. The van der Waals surface area contributed by atoms with Gasteiger partial charge in [-0.05, 0) is 66.1 Å². The first-order valence-electron chi connectivity index (χ1n) is 19.8. The molecule has 0 aliphatic carbocycles. The molecule has 0 saturated heterocycles. The van der Waals surface area contributed by atoms with Crippen LogP contribution in [0.15, 0.2) is 210 Å². The molecule has 284 valence electrons. The first kappa shape index (κ1) is 36.9. The first-order chi connectivity index (χ1) is 29.1. The van der Waals surface area contributed by atoms with Crippen molar-refractivity contribution >= 4 is 45.6 Å². The maximum Gasteiger partial charge on any atom is 0.157 e. The SMILES string of the molecule is Cc1ccccc1.NC(=NC(=NCc1ccccc1)c1cccc(-c2cccc(-n3c4ccccc4c4c5c(ccc43)C=Cc3ccccc3O5)c2)c1)c1ccccc1. The van der Waals surface area contributed by atoms with Crippen LogP contribution in [0.1, 0.15) is 33.4 Å². The summed E-state index contributed by atoms with van der Waals surface area (Å²) < 4.78 is 9.03. The van der Waals surface area contributed by atoms with E-state index in [-0.39, 0.29) is 0 Å². The minimum atomic E-state index is 0.423. The van der Waals surface area contributed by atoms with Crippen LogP contribution in [-0.4, -0.2) is 16.2 Å². The van der Waals surface area contributed by atoms with Crippen molar-refractivity contribution in [2.75, 3.05) is 0 Å². The molecule has 59 heavy (non-hydrogen) atoms. The number of nitrogens with two attached hydrogens (primary N) is 1. The molecule has 2 heterocycles. The van der Waals surface area contributed by atoms with E-state index in [1.165, 1.54) is 5.56 Å². The number of rotatable bonds is 6. The summed E-state index contributed by atoms with van der Waals surface area (Å²) in [7, 11) is 0. The fraction of sp³-hybridized carbons (Fsp3) is 0.0370. The Morgan fingerprint density at radius 2 is 1.20 bits per heavy atom. The average Bonchev–Trinajstić information content (AvgIpc) is 3.51. The van der Waals surface area contributed by atoms with Gasteiger partial charge in [-0.3, -0.25) is 4.99 Å². The van der Waals surface area contributed by atoms with Gasteiger partial charge in [0.1, 0.15) is 17.3 Å². The highest BCUT2D eigenvalue weighted by molar-refractivity contribution is 6.14. The summed E-state index contributed by atoms with van der Waals surface area (Å²) in [5.74, 6) is 2.73. The van der Waals surface area contributed by atoms with Crippen molar-refractivity contribution in [1.82, 2.24) is 4.57 Å². The van der Waals surface area contributed by atoms with Gasteiger partial charge in [-0.25, -0.2) is 4.99 Å². The highest BCUT2D eigenvalue weighted by Crippen LogP contribution is 2.44. The molecule has 8 aromatic carbocycles. The molecular weight excluding hydrogens is 721 g/mol. The molecule has 0 bridgehead atoms. The number of amidine groups is 2. The quantitative estimate of drug-likeness (QED) is 0.135. The highest BCUT2D eigenvalue weighted by Gasteiger charge is 2.21. The Morgan fingerprint density at radius 3 is 1.98 bits per heavy atom. The maximum atomic E-state index is 6.70. The number of hydrogen-bond donors (Lipinski definition) is 1. The average molecular weight is 763 g/mol. The lowest BCUT2D eigenvalue weighted by atomic mass is 10.0. The van der Waals surface area contributed by atoms with Crippen molar-refractivity contribution < 1.29 is 4.74 Å². The lowest BCUT2D eigenvalue weighted by molar-refractivity contribution is 0.487. The standard InChI is InChI=1S/C47H34N4O.C7H8/c48-46(35-16-5-2-6-17-35)50-47(49-31-32-13-3-1-4-14-32)38-20-11-18-36(29-38)37-19-12-21-39(30-37)51-41-23-9-8-22-40(41)44-42(51)28-27-34-26-25-33-15-7-10-24-43(33)52-45(34)44;1-7-5-3-2-4-6-7/h1-30H,31H2,(H2,48,49,50);2-6H,1H3. The van der Waals surface area contributed by atoms with Gasteiger partial charge in [0.2, 0.25) is 0 Å². The van der Waals surface area contributed by atoms with Crippen LogP contribution in [0.5, 0.6) is 11.5 Å². The van der Waals surface area contributed by atoms with E-state index in [4.69, 9.17) is 20.5 Å². The van der Waals surface area contributed by atoms with Crippen LogP contribution in [0.25, 0.3) is 50.8 Å². The smallest absolute Gasteiger partial charge is 0.157 e. The lowest BCUT2D eigenvalue weighted by Gasteiger charge is -2.13. The summed E-state index contributed by atoms with van der Waals surface area (Å²) in [6.07, 6.45) is 4.28. The number of para-hydroxylation sites is 2. The molecule has 1 aromatic heterocycles. The van der Waals surface area contributed by atoms with Gasteiger partial charge in [0.15, 0.2) is 5.84 Å². The van der Waals surface area contributed by atoms with Crippen LogP contribution in [0.3, 0.4) is 0 Å². The normalized spacial score (nSPS) is 12.2. The number of aromatic nitrogens is 1. The molecule has 1 aliphatic rings. The molecule has 0 saturated carbocycles. The second-order valence-electron chi connectivity index (χ2n) is 14.5. The van der Waals surface area contributed by atoms with E-state index >= 15 is 0 Å². The van der Waals surface area contributed by atoms with Gasteiger partial charge in [-0.1, -0.05) is 175 Å². The molecule has 5 heteroatoms. The zero-order chi connectivity index (χ0) is 40.0. The van der Waals surface area contributed by atoms with Crippen molar-refractivity contribution in [3.05, 3.63) is 234 Å². The number of aliphatic imine (C=N–C) groups is 2. The number of aryl methyl sites for hydroxylation is 1. The molecular formula is C54H42N4O. The van der Waals surface area contributed by atoms with E-state index in [0.717, 1.165) is 77.9 Å². The number of benzene rings is 8. The summed E-state index contributed by atoms with van der Waals surface area (Å²) in [6.45, 7) is 2.57. The minimum Gasteiger partial charge on any atom is -0.455 e. The van der Waals surface area contributed by atoms with Gasteiger partial charge in [0, 0.05) is 33.3 Å². The van der Waals surface area contributed by atoms with E-state index in [2.05, 4.69) is 133 Å². The van der Waals surface area contributed by atoms with Crippen LogP contribution in [-0.2, 0) is 6.54 Å². The van der Waals surface area contributed by atoms with Gasteiger partial charge >= 0.3 is 0 Å². The van der Waals surface area contributed by atoms with Crippen LogP contribution < -0.4 is 10.5 Å². The Morgan fingerprint density at radius 1 is 0.559 bits per heavy atom. The van der Waals surface area contributed by atoms with Crippen LogP contribution in [0.2, 0.25) is 0 Å². The number of nitrogens with zero attached hydrogens (tertiary/aromatic N) is 3. The van der Waals surface area contributed by atoms with Crippen molar-refractivity contribution in [1.29, 1.82) is 0 Å². The number of fused-ring (bicyclic) bond motifs is 6. The summed E-state index contributed by atoms with van der Waals surface area (Å²) >= 11 is 0. The third-order valence-electron chi connectivity index (χ3n) is 10.4. The predicted molar refractivity (Wildman–Crippen MR) is 247 cm³/mol. The van der Waals surface area contributed by atoms with Gasteiger partial charge < -0.3 is 15.0 Å². The molecule has 0 fully saturated rings. The topological polar surface area (TPSA) is 64.9 Å². The fourth-order valence-electron chi connectivity index (χ4n) is 7.49. The summed E-state index contributed by atoms with van der Waals surface area (Å²) in [6, 6.07) is 68.4. The van der Waals surface area contributed by atoms with E-state index in [0.29, 0.717) is 18.2 Å². The second-order valence-corrected chi connectivity index (χ2v) is 14.5. The highest BCUT2D eigenvalue weighted by atomic mass is 16.5. The first-order valence-corrected chi connectivity index (χ1v) is 19.8. The summed E-state index contributed by atoms with van der Waals surface area (Å²) in [5, 5.41) is 2.23. The largest absolute Gasteiger partial charge is 0.455 e. The van der Waals surface area contributed by atoms with Crippen LogP contribution in [0, 0.1) is 6.92 Å². The lowest BCUT2D eigenvalue weighted by Crippen LogP contribution is -2.16. The molecule has 2 N–H and O–H groups in total. The molecule has 1 aliphatic heterocycles. The molecule has 0 spiro atoms. The predicted octanol–water partition coefficient (Wildman–Crippen LogP) is 13.1. The number of hydrogen-bond acceptors (Lipinski definition) is 2. The summed E-state index contributed by atoms with van der Waals surface area (Å²) in [5.41, 5.74) is 18.2. The Kier molecular flexibility index (Phi) is 10.5. The Bertz CT molecular complexity index is 3000. The van der Waals surface area contributed by atoms with Gasteiger partial charge in [-0.15, -0.1) is 0 Å². The molecule has 0 amide bonds. The van der Waals surface area contributed by atoms with Gasteiger partial charge in [-0.2, -0.15) is 0 Å². The van der Waals surface area contributed by atoms with Crippen LogP contribution in [0.4, 0.5) is 0 Å². The maximum absolute atomic E-state index is 6.70. The Hall–Kier alpha value is -7.76.